The van der Waals surface area contributed by atoms with Gasteiger partial charge in [0.2, 0.25) is 5.91 Å². The van der Waals surface area contributed by atoms with Gasteiger partial charge in [-0.1, -0.05) is 18.2 Å². The molecule has 0 aliphatic rings. The van der Waals surface area contributed by atoms with Gasteiger partial charge in [0.25, 0.3) is 0 Å². The second-order valence-electron chi connectivity index (χ2n) is 6.67. The maximum Gasteiger partial charge on any atom is 0.350 e. The Labute approximate surface area is 176 Å². The van der Waals surface area contributed by atoms with Crippen LogP contribution in [0.25, 0.3) is 5.65 Å². The number of fused-ring (bicyclic) bond motifs is 1. The number of hydrogen-bond donors (Lipinski definition) is 1. The van der Waals surface area contributed by atoms with E-state index in [9.17, 15) is 14.0 Å². The maximum absolute atomic E-state index is 12.9. The lowest BCUT2D eigenvalue weighted by molar-refractivity contribution is -0.115. The van der Waals surface area contributed by atoms with Crippen LogP contribution in [-0.4, -0.2) is 25.8 Å². The summed E-state index contributed by atoms with van der Waals surface area (Å²) in [7, 11) is 0. The molecule has 2 aromatic heterocycles. The lowest BCUT2D eigenvalue weighted by Crippen LogP contribution is -2.21. The number of benzene rings is 2. The maximum atomic E-state index is 12.9. The molecule has 0 spiro atoms. The predicted molar refractivity (Wildman–Crippen MR) is 115 cm³/mol. The highest BCUT2D eigenvalue weighted by molar-refractivity contribution is 7.99. The molecule has 1 amide bonds. The van der Waals surface area contributed by atoms with Gasteiger partial charge >= 0.3 is 5.69 Å². The highest BCUT2D eigenvalue weighted by Gasteiger charge is 2.08. The second kappa shape index (κ2) is 8.96. The SMILES string of the molecule is O=C(CCSc1ccc(F)cc1)Nc1cccc(Cn2nc3ccccn3c2=O)c1. The van der Waals surface area contributed by atoms with E-state index in [0.717, 1.165) is 10.5 Å². The van der Waals surface area contributed by atoms with Gasteiger partial charge in [0.1, 0.15) is 5.82 Å². The minimum atomic E-state index is -0.275. The van der Waals surface area contributed by atoms with Gasteiger partial charge in [-0.2, -0.15) is 0 Å². The molecule has 1 N–H and O–H groups in total. The summed E-state index contributed by atoms with van der Waals surface area (Å²) in [5.41, 5.74) is 1.91. The molecule has 4 aromatic rings. The number of rotatable bonds is 7. The molecule has 6 nitrogen and oxygen atoms in total. The number of carbonyl (C=O) groups excluding carboxylic acids is 1. The van der Waals surface area contributed by atoms with Crippen LogP contribution in [0.2, 0.25) is 0 Å². The Kier molecular flexibility index (Phi) is 5.94. The molecule has 0 atom stereocenters. The van der Waals surface area contributed by atoms with Crippen molar-refractivity contribution in [1.82, 2.24) is 14.2 Å². The summed E-state index contributed by atoms with van der Waals surface area (Å²) in [6, 6.07) is 19.0. The van der Waals surface area contributed by atoms with E-state index in [-0.39, 0.29) is 17.4 Å². The predicted octanol–water partition coefficient (Wildman–Crippen LogP) is 3.80. The van der Waals surface area contributed by atoms with Crippen molar-refractivity contribution in [3.05, 3.63) is 94.8 Å². The summed E-state index contributed by atoms with van der Waals surface area (Å²) in [6.45, 7) is 0.310. The fourth-order valence-electron chi connectivity index (χ4n) is 3.01. The first-order chi connectivity index (χ1) is 14.6. The summed E-state index contributed by atoms with van der Waals surface area (Å²) in [5.74, 6) is 0.211. The number of hydrogen-bond acceptors (Lipinski definition) is 4. The average Bonchev–Trinajstić information content (AvgIpc) is 3.05. The largest absolute Gasteiger partial charge is 0.350 e. The van der Waals surface area contributed by atoms with E-state index in [4.69, 9.17) is 0 Å². The Bertz CT molecular complexity index is 1230. The van der Waals surface area contributed by atoms with Crippen LogP contribution in [0.1, 0.15) is 12.0 Å². The van der Waals surface area contributed by atoms with Crippen molar-refractivity contribution in [2.45, 2.75) is 17.9 Å². The van der Waals surface area contributed by atoms with E-state index in [1.54, 1.807) is 36.5 Å². The lowest BCUT2D eigenvalue weighted by Gasteiger charge is -2.07. The van der Waals surface area contributed by atoms with Crippen LogP contribution in [-0.2, 0) is 11.3 Å². The first kappa shape index (κ1) is 19.9. The first-order valence-electron chi connectivity index (χ1n) is 9.40. The van der Waals surface area contributed by atoms with Crippen molar-refractivity contribution in [3.63, 3.8) is 0 Å². The van der Waals surface area contributed by atoms with Gasteiger partial charge in [-0.25, -0.2) is 13.9 Å². The van der Waals surface area contributed by atoms with E-state index < -0.39 is 0 Å². The molecule has 2 aromatic carbocycles. The zero-order valence-corrected chi connectivity index (χ0v) is 16.8. The van der Waals surface area contributed by atoms with E-state index in [0.29, 0.717) is 30.1 Å². The standard InChI is InChI=1S/C22H19FN4O2S/c23-17-7-9-19(10-8-17)30-13-11-21(28)24-18-5-3-4-16(14-18)15-27-22(29)26-12-2-1-6-20(26)25-27/h1-10,12,14H,11,13,15H2,(H,24,28). The van der Waals surface area contributed by atoms with E-state index in [2.05, 4.69) is 10.4 Å². The molecule has 152 valence electrons. The molecule has 0 aliphatic carbocycles. The zero-order chi connectivity index (χ0) is 20.9. The van der Waals surface area contributed by atoms with Gasteiger partial charge in [0.15, 0.2) is 5.65 Å². The second-order valence-corrected chi connectivity index (χ2v) is 7.84. The van der Waals surface area contributed by atoms with Crippen LogP contribution in [0, 0.1) is 5.82 Å². The van der Waals surface area contributed by atoms with Crippen molar-refractivity contribution >= 4 is 29.0 Å². The normalized spacial score (nSPS) is 11.0. The Morgan fingerprint density at radius 2 is 1.90 bits per heavy atom. The van der Waals surface area contributed by atoms with Gasteiger partial charge in [0, 0.05) is 29.0 Å². The Balaban J connectivity index is 1.35. The molecule has 2 heterocycles. The molecular formula is C22H19FN4O2S. The van der Waals surface area contributed by atoms with Crippen molar-refractivity contribution in [3.8, 4) is 0 Å². The van der Waals surface area contributed by atoms with Gasteiger partial charge < -0.3 is 5.32 Å². The molecule has 0 radical (unpaired) electrons. The van der Waals surface area contributed by atoms with Gasteiger partial charge in [-0.05, 0) is 54.1 Å². The van der Waals surface area contributed by atoms with Crippen LogP contribution in [0.4, 0.5) is 10.1 Å². The lowest BCUT2D eigenvalue weighted by atomic mass is 10.2. The van der Waals surface area contributed by atoms with Crippen LogP contribution in [0.15, 0.2) is 82.6 Å². The fraction of sp³-hybridized carbons (Fsp3) is 0.136. The van der Waals surface area contributed by atoms with Crippen LogP contribution in [0.3, 0.4) is 0 Å². The molecule has 0 saturated heterocycles. The number of nitrogens with zero attached hydrogens (tertiary/aromatic N) is 3. The highest BCUT2D eigenvalue weighted by Crippen LogP contribution is 2.19. The van der Waals surface area contributed by atoms with Crippen LogP contribution >= 0.6 is 11.8 Å². The van der Waals surface area contributed by atoms with Crippen molar-refractivity contribution in [2.75, 3.05) is 11.1 Å². The number of thioether (sulfide) groups is 1. The van der Waals surface area contributed by atoms with E-state index in [1.165, 1.54) is 33.0 Å². The van der Waals surface area contributed by atoms with Crippen molar-refractivity contribution in [2.24, 2.45) is 0 Å². The number of aromatic nitrogens is 3. The molecular weight excluding hydrogens is 403 g/mol. The van der Waals surface area contributed by atoms with E-state index >= 15 is 0 Å². The molecule has 0 fully saturated rings. The quantitative estimate of drug-likeness (QED) is 0.460. The van der Waals surface area contributed by atoms with Crippen LogP contribution in [0.5, 0.6) is 0 Å². The van der Waals surface area contributed by atoms with Crippen LogP contribution < -0.4 is 11.0 Å². The number of amides is 1. The Hall–Kier alpha value is -3.39. The number of nitrogens with one attached hydrogen (secondary N) is 1. The number of anilines is 1. The Morgan fingerprint density at radius 3 is 2.70 bits per heavy atom. The van der Waals surface area contributed by atoms with E-state index in [1.807, 2.05) is 24.3 Å². The molecule has 0 unspecified atom stereocenters. The van der Waals surface area contributed by atoms with Crippen molar-refractivity contribution in [1.29, 1.82) is 0 Å². The number of carbonyl (C=O) groups is 1. The third kappa shape index (κ3) is 4.77. The third-order valence-corrected chi connectivity index (χ3v) is 5.46. The molecule has 8 heteroatoms. The summed E-state index contributed by atoms with van der Waals surface area (Å²) >= 11 is 1.50. The topological polar surface area (TPSA) is 68.4 Å². The summed E-state index contributed by atoms with van der Waals surface area (Å²) < 4.78 is 15.8. The van der Waals surface area contributed by atoms with Gasteiger partial charge in [-0.3, -0.25) is 9.20 Å². The zero-order valence-electron chi connectivity index (χ0n) is 16.0. The van der Waals surface area contributed by atoms with Gasteiger partial charge in [0.05, 0.1) is 6.54 Å². The fourth-order valence-corrected chi connectivity index (χ4v) is 3.86. The smallest absolute Gasteiger partial charge is 0.326 e. The van der Waals surface area contributed by atoms with Crippen molar-refractivity contribution < 1.29 is 9.18 Å². The average molecular weight is 422 g/mol. The minimum Gasteiger partial charge on any atom is -0.326 e. The molecule has 4 rings (SSSR count). The first-order valence-corrected chi connectivity index (χ1v) is 10.4. The Morgan fingerprint density at radius 1 is 1.07 bits per heavy atom. The van der Waals surface area contributed by atoms with Gasteiger partial charge in [-0.15, -0.1) is 16.9 Å². The molecule has 0 saturated carbocycles. The summed E-state index contributed by atoms with van der Waals surface area (Å²) in [4.78, 5) is 25.6. The monoisotopic (exact) mass is 422 g/mol. The summed E-state index contributed by atoms with van der Waals surface area (Å²) in [6.07, 6.45) is 2.01. The number of halogens is 1. The number of pyridine rings is 1. The molecule has 0 bridgehead atoms. The third-order valence-electron chi connectivity index (χ3n) is 4.44. The molecule has 30 heavy (non-hydrogen) atoms. The minimum absolute atomic E-state index is 0.105. The summed E-state index contributed by atoms with van der Waals surface area (Å²) in [5, 5.41) is 7.21. The highest BCUT2D eigenvalue weighted by atomic mass is 32.2. The molecule has 0 aliphatic heterocycles.